The molecule has 110 valence electrons. The van der Waals surface area contributed by atoms with E-state index < -0.39 is 12.2 Å². The molecule has 22 heavy (non-hydrogen) atoms. The van der Waals surface area contributed by atoms with Crippen LogP contribution >= 0.6 is 0 Å². The van der Waals surface area contributed by atoms with E-state index in [0.717, 1.165) is 16.5 Å². The maximum atomic E-state index is 13.5. The van der Waals surface area contributed by atoms with E-state index in [9.17, 15) is 4.39 Å². The molecule has 1 fully saturated rings. The average molecular weight is 297 g/mol. The molecule has 0 aromatic carbocycles. The van der Waals surface area contributed by atoms with E-state index in [2.05, 4.69) is 20.3 Å². The van der Waals surface area contributed by atoms with Crippen molar-refractivity contribution in [3.05, 3.63) is 30.9 Å². The number of nitrogens with one attached hydrogen (secondary N) is 1. The zero-order chi connectivity index (χ0) is 15.2. The molecule has 0 bridgehead atoms. The van der Waals surface area contributed by atoms with Crippen LogP contribution in [0.5, 0.6) is 0 Å². The summed E-state index contributed by atoms with van der Waals surface area (Å²) in [6.07, 6.45) is 8.98. The summed E-state index contributed by atoms with van der Waals surface area (Å²) in [7, 11) is 0. The van der Waals surface area contributed by atoms with E-state index in [-0.39, 0.29) is 0 Å². The van der Waals surface area contributed by atoms with Gasteiger partial charge in [0.2, 0.25) is 0 Å². The summed E-state index contributed by atoms with van der Waals surface area (Å²) in [5.41, 5.74) is 1.70. The Bertz CT molecular complexity index is 869. The highest BCUT2D eigenvalue weighted by atomic mass is 19.1. The molecule has 1 N–H and O–H groups in total. The van der Waals surface area contributed by atoms with Gasteiger partial charge in [-0.1, -0.05) is 0 Å². The number of fused-ring (bicyclic) bond motifs is 1. The van der Waals surface area contributed by atoms with Crippen LogP contribution in [0, 0.1) is 11.5 Å². The molecule has 1 aliphatic rings. The summed E-state index contributed by atoms with van der Waals surface area (Å²) in [6.45, 7) is 0.130. The Morgan fingerprint density at radius 2 is 2.27 bits per heavy atom. The third kappa shape index (κ3) is 1.69. The van der Waals surface area contributed by atoms with Crippen LogP contribution in [0.2, 0.25) is 0 Å². The minimum Gasteiger partial charge on any atom is -0.345 e. The van der Waals surface area contributed by atoms with Gasteiger partial charge in [-0.2, -0.15) is 15.5 Å². The maximum absolute atomic E-state index is 13.5. The highest BCUT2D eigenvalue weighted by Crippen LogP contribution is 2.32. The lowest BCUT2D eigenvalue weighted by atomic mass is 9.92. The molecular formula is C14H12FN7. The van der Waals surface area contributed by atoms with Crippen molar-refractivity contribution in [3.63, 3.8) is 0 Å². The van der Waals surface area contributed by atoms with Gasteiger partial charge in [0, 0.05) is 28.9 Å². The molecule has 0 atom stereocenters. The molecule has 0 spiro atoms. The second kappa shape index (κ2) is 4.53. The monoisotopic (exact) mass is 297 g/mol. The number of nitriles is 1. The molecule has 0 saturated carbocycles. The highest BCUT2D eigenvalue weighted by molar-refractivity contribution is 5.91. The predicted octanol–water partition coefficient (Wildman–Crippen LogP) is 1.28. The lowest BCUT2D eigenvalue weighted by molar-refractivity contribution is 0.0230. The number of hydrogen-bond donors (Lipinski definition) is 1. The Balaban J connectivity index is 1.73. The summed E-state index contributed by atoms with van der Waals surface area (Å²) in [5.74, 6) is 0. The third-order valence-electron chi connectivity index (χ3n) is 4.10. The number of likely N-dealkylation sites (tertiary alicyclic amines) is 1. The van der Waals surface area contributed by atoms with Crippen molar-refractivity contribution in [2.75, 3.05) is 19.8 Å². The Morgan fingerprint density at radius 1 is 1.41 bits per heavy atom. The first kappa shape index (κ1) is 12.8. The van der Waals surface area contributed by atoms with E-state index >= 15 is 0 Å². The van der Waals surface area contributed by atoms with Gasteiger partial charge < -0.3 is 9.88 Å². The Kier molecular flexibility index (Phi) is 2.63. The zero-order valence-electron chi connectivity index (χ0n) is 11.6. The predicted molar refractivity (Wildman–Crippen MR) is 76.2 cm³/mol. The third-order valence-corrected chi connectivity index (χ3v) is 4.10. The Labute approximate surface area is 125 Å². The number of aromatic amines is 1. The Hall–Kier alpha value is -2.95. The largest absolute Gasteiger partial charge is 0.345 e. The van der Waals surface area contributed by atoms with E-state index in [1.54, 1.807) is 29.5 Å². The second-order valence-corrected chi connectivity index (χ2v) is 5.49. The van der Waals surface area contributed by atoms with E-state index in [1.165, 1.54) is 4.90 Å². The van der Waals surface area contributed by atoms with Crippen molar-refractivity contribution in [3.8, 4) is 17.3 Å². The summed E-state index contributed by atoms with van der Waals surface area (Å²) in [4.78, 5) is 4.52. The first-order valence-electron chi connectivity index (χ1n) is 6.81. The fourth-order valence-electron chi connectivity index (χ4n) is 2.85. The first-order chi connectivity index (χ1) is 10.8. The van der Waals surface area contributed by atoms with Crippen LogP contribution < -0.4 is 0 Å². The van der Waals surface area contributed by atoms with Gasteiger partial charge in [-0.25, -0.2) is 4.39 Å². The van der Waals surface area contributed by atoms with Crippen molar-refractivity contribution in [1.29, 1.82) is 5.26 Å². The van der Waals surface area contributed by atoms with E-state index in [4.69, 9.17) is 5.26 Å². The Morgan fingerprint density at radius 3 is 3.05 bits per heavy atom. The van der Waals surface area contributed by atoms with Gasteiger partial charge in [0.05, 0.1) is 25.5 Å². The summed E-state index contributed by atoms with van der Waals surface area (Å²) in [6, 6.07) is 1.92. The van der Waals surface area contributed by atoms with Crippen molar-refractivity contribution in [2.24, 2.45) is 0 Å². The molecule has 0 unspecified atom stereocenters. The summed E-state index contributed by atoms with van der Waals surface area (Å²) >= 11 is 0. The zero-order valence-corrected chi connectivity index (χ0v) is 11.6. The van der Waals surface area contributed by atoms with Crippen molar-refractivity contribution >= 4 is 11.0 Å². The topological polar surface area (TPSA) is 86.4 Å². The molecule has 0 amide bonds. The van der Waals surface area contributed by atoms with Gasteiger partial charge in [-0.3, -0.25) is 4.68 Å². The maximum Gasteiger partial charge on any atom is 0.179 e. The van der Waals surface area contributed by atoms with Gasteiger partial charge in [-0.05, 0) is 6.07 Å². The summed E-state index contributed by atoms with van der Waals surface area (Å²) in [5, 5.41) is 22.1. The highest BCUT2D eigenvalue weighted by Gasteiger charge is 2.45. The van der Waals surface area contributed by atoms with Crippen LogP contribution in [-0.2, 0) is 5.54 Å². The van der Waals surface area contributed by atoms with Crippen LogP contribution in [-0.4, -0.2) is 49.6 Å². The number of hydrogen-bond acceptors (Lipinski definition) is 5. The van der Waals surface area contributed by atoms with Gasteiger partial charge >= 0.3 is 0 Å². The quantitative estimate of drug-likeness (QED) is 0.736. The lowest BCUT2D eigenvalue weighted by Gasteiger charge is -2.45. The average Bonchev–Trinajstić information content (AvgIpc) is 3.16. The van der Waals surface area contributed by atoms with Crippen LogP contribution in [0.4, 0.5) is 4.39 Å². The number of nitrogens with zero attached hydrogens (tertiary/aromatic N) is 6. The smallest absolute Gasteiger partial charge is 0.179 e. The fraction of sp³-hybridized carbons (Fsp3) is 0.286. The summed E-state index contributed by atoms with van der Waals surface area (Å²) < 4.78 is 15.1. The molecule has 4 heterocycles. The SMILES string of the molecule is N#CN1CC(CF)(n2cc(-c3cnnc4[nH]ccc34)cn2)C1. The molecule has 8 heteroatoms. The van der Waals surface area contributed by atoms with Crippen LogP contribution in [0.1, 0.15) is 0 Å². The van der Waals surface area contributed by atoms with E-state index in [0.29, 0.717) is 18.7 Å². The molecule has 4 rings (SSSR count). The van der Waals surface area contributed by atoms with Crippen LogP contribution in [0.25, 0.3) is 22.2 Å². The van der Waals surface area contributed by atoms with Crippen molar-refractivity contribution < 1.29 is 4.39 Å². The van der Waals surface area contributed by atoms with Crippen molar-refractivity contribution in [2.45, 2.75) is 5.54 Å². The van der Waals surface area contributed by atoms with Gasteiger partial charge in [0.25, 0.3) is 0 Å². The molecule has 1 aliphatic heterocycles. The molecule has 0 radical (unpaired) electrons. The number of alkyl halides is 1. The molecule has 1 saturated heterocycles. The normalized spacial score (nSPS) is 16.5. The molecule has 3 aromatic heterocycles. The number of rotatable bonds is 3. The molecular weight excluding hydrogens is 285 g/mol. The van der Waals surface area contributed by atoms with Gasteiger partial charge in [0.1, 0.15) is 12.2 Å². The number of halogens is 1. The fourth-order valence-corrected chi connectivity index (χ4v) is 2.85. The molecule has 0 aliphatic carbocycles. The van der Waals surface area contributed by atoms with Gasteiger partial charge in [0.15, 0.2) is 11.8 Å². The van der Waals surface area contributed by atoms with E-state index in [1.807, 2.05) is 12.3 Å². The van der Waals surface area contributed by atoms with Crippen LogP contribution in [0.3, 0.4) is 0 Å². The minimum absolute atomic E-state index is 0.343. The van der Waals surface area contributed by atoms with Gasteiger partial charge in [-0.15, -0.1) is 5.10 Å². The molecule has 3 aromatic rings. The molecule has 7 nitrogen and oxygen atoms in total. The lowest BCUT2D eigenvalue weighted by Crippen LogP contribution is -2.62. The number of H-pyrrole nitrogens is 1. The number of aromatic nitrogens is 5. The second-order valence-electron chi connectivity index (χ2n) is 5.49. The standard InChI is InChI=1S/C14H12FN7/c15-6-14(7-21(8-14)9-16)22-5-10(3-19-22)12-4-18-20-13-11(12)1-2-17-13/h1-5H,6-8H2,(H,17,20). The van der Waals surface area contributed by atoms with Crippen LogP contribution in [0.15, 0.2) is 30.9 Å². The first-order valence-corrected chi connectivity index (χ1v) is 6.81. The van der Waals surface area contributed by atoms with Crippen molar-refractivity contribution in [1.82, 2.24) is 29.9 Å². The minimum atomic E-state index is -0.744.